The van der Waals surface area contributed by atoms with E-state index in [9.17, 15) is 9.59 Å². The Hall–Kier alpha value is -1.76. The topological polar surface area (TPSA) is 82.9 Å². The SMILES string of the molecule is Cc1nc(CN2N=C(C(=O)O)CCC2=O)cs1. The minimum Gasteiger partial charge on any atom is -0.477 e. The summed E-state index contributed by atoms with van der Waals surface area (Å²) in [7, 11) is 0. The first-order valence-electron chi connectivity index (χ1n) is 5.08. The van der Waals surface area contributed by atoms with Gasteiger partial charge in [0.1, 0.15) is 5.71 Å². The van der Waals surface area contributed by atoms with Crippen LogP contribution in [0, 0.1) is 6.92 Å². The summed E-state index contributed by atoms with van der Waals surface area (Å²) in [5, 5.41) is 16.6. The monoisotopic (exact) mass is 253 g/mol. The second-order valence-corrected chi connectivity index (χ2v) is 4.72. The summed E-state index contributed by atoms with van der Waals surface area (Å²) >= 11 is 1.49. The Balaban J connectivity index is 2.15. The lowest BCUT2D eigenvalue weighted by molar-refractivity contribution is -0.133. The highest BCUT2D eigenvalue weighted by molar-refractivity contribution is 7.09. The molecule has 1 aliphatic rings. The molecule has 0 fully saturated rings. The van der Waals surface area contributed by atoms with Crippen LogP contribution in [0.25, 0.3) is 0 Å². The van der Waals surface area contributed by atoms with Crippen molar-refractivity contribution >= 4 is 28.9 Å². The van der Waals surface area contributed by atoms with Gasteiger partial charge in [0.05, 0.1) is 17.2 Å². The van der Waals surface area contributed by atoms with E-state index in [1.807, 2.05) is 12.3 Å². The maximum atomic E-state index is 11.6. The van der Waals surface area contributed by atoms with Crippen LogP contribution in [0.1, 0.15) is 23.5 Å². The Morgan fingerprint density at radius 1 is 1.59 bits per heavy atom. The first kappa shape index (κ1) is 11.7. The molecule has 17 heavy (non-hydrogen) atoms. The number of hydrazone groups is 1. The van der Waals surface area contributed by atoms with Gasteiger partial charge in [-0.15, -0.1) is 11.3 Å². The van der Waals surface area contributed by atoms with Crippen LogP contribution in [0.2, 0.25) is 0 Å². The van der Waals surface area contributed by atoms with Gasteiger partial charge in [-0.3, -0.25) is 4.79 Å². The highest BCUT2D eigenvalue weighted by Gasteiger charge is 2.24. The number of aryl methyl sites for hydroxylation is 1. The molecule has 0 aromatic carbocycles. The highest BCUT2D eigenvalue weighted by atomic mass is 32.1. The molecule has 90 valence electrons. The van der Waals surface area contributed by atoms with Crippen LogP contribution in [0.15, 0.2) is 10.5 Å². The number of rotatable bonds is 3. The quantitative estimate of drug-likeness (QED) is 0.871. The van der Waals surface area contributed by atoms with Crippen LogP contribution in [-0.2, 0) is 16.1 Å². The fourth-order valence-electron chi connectivity index (χ4n) is 1.51. The summed E-state index contributed by atoms with van der Waals surface area (Å²) in [6.45, 7) is 2.11. The van der Waals surface area contributed by atoms with E-state index in [1.165, 1.54) is 16.3 Å². The maximum Gasteiger partial charge on any atom is 0.352 e. The van der Waals surface area contributed by atoms with Gasteiger partial charge in [-0.25, -0.2) is 14.8 Å². The van der Waals surface area contributed by atoms with Crippen LogP contribution >= 0.6 is 11.3 Å². The Labute approximate surface area is 102 Å². The number of carboxylic acids is 1. The standard InChI is InChI=1S/C10H11N3O3S/c1-6-11-7(5-17-6)4-13-9(14)3-2-8(12-13)10(15)16/h5H,2-4H2,1H3,(H,15,16). The number of amides is 1. The molecular weight excluding hydrogens is 242 g/mol. The van der Waals surface area contributed by atoms with E-state index in [4.69, 9.17) is 5.11 Å². The summed E-state index contributed by atoms with van der Waals surface area (Å²) < 4.78 is 0. The number of carbonyl (C=O) groups is 2. The van der Waals surface area contributed by atoms with Crippen molar-refractivity contribution in [3.63, 3.8) is 0 Å². The highest BCUT2D eigenvalue weighted by Crippen LogP contribution is 2.15. The van der Waals surface area contributed by atoms with Gasteiger partial charge in [0.25, 0.3) is 0 Å². The predicted octanol–water partition coefficient (Wildman–Crippen LogP) is 1.01. The molecule has 0 saturated heterocycles. The van der Waals surface area contributed by atoms with Crippen molar-refractivity contribution in [2.24, 2.45) is 5.10 Å². The third-order valence-electron chi connectivity index (χ3n) is 2.33. The molecule has 0 atom stereocenters. The molecule has 1 aromatic rings. The van der Waals surface area contributed by atoms with E-state index in [-0.39, 0.29) is 31.0 Å². The maximum absolute atomic E-state index is 11.6. The van der Waals surface area contributed by atoms with Gasteiger partial charge in [-0.05, 0) is 6.92 Å². The average Bonchev–Trinajstić information content (AvgIpc) is 2.67. The van der Waals surface area contributed by atoms with Gasteiger partial charge in [0.2, 0.25) is 5.91 Å². The predicted molar refractivity (Wildman–Crippen MR) is 61.7 cm³/mol. The number of carboxylic acid groups (broad SMARTS) is 1. The van der Waals surface area contributed by atoms with Crippen LogP contribution in [0.4, 0.5) is 0 Å². The molecule has 0 spiro atoms. The molecule has 0 radical (unpaired) electrons. The molecule has 2 heterocycles. The Kier molecular flexibility index (Phi) is 3.19. The lowest BCUT2D eigenvalue weighted by atomic mass is 10.1. The molecule has 0 saturated carbocycles. The van der Waals surface area contributed by atoms with Gasteiger partial charge in [0, 0.05) is 18.2 Å². The smallest absolute Gasteiger partial charge is 0.352 e. The van der Waals surface area contributed by atoms with E-state index in [2.05, 4.69) is 10.1 Å². The average molecular weight is 253 g/mol. The summed E-state index contributed by atoms with van der Waals surface area (Å²) in [5.74, 6) is -1.24. The van der Waals surface area contributed by atoms with E-state index in [1.54, 1.807) is 0 Å². The van der Waals surface area contributed by atoms with Crippen molar-refractivity contribution in [2.45, 2.75) is 26.3 Å². The van der Waals surface area contributed by atoms with Gasteiger partial charge < -0.3 is 5.11 Å². The Morgan fingerprint density at radius 3 is 2.94 bits per heavy atom. The zero-order valence-electron chi connectivity index (χ0n) is 9.21. The molecule has 0 unspecified atom stereocenters. The first-order chi connectivity index (χ1) is 8.06. The second kappa shape index (κ2) is 4.62. The first-order valence-corrected chi connectivity index (χ1v) is 5.96. The van der Waals surface area contributed by atoms with Crippen molar-refractivity contribution in [2.75, 3.05) is 0 Å². The molecular formula is C10H11N3O3S. The molecule has 1 amide bonds. The fraction of sp³-hybridized carbons (Fsp3) is 0.400. The van der Waals surface area contributed by atoms with Crippen molar-refractivity contribution in [1.29, 1.82) is 0 Å². The van der Waals surface area contributed by atoms with Gasteiger partial charge >= 0.3 is 5.97 Å². The molecule has 6 nitrogen and oxygen atoms in total. The lowest BCUT2D eigenvalue weighted by Crippen LogP contribution is -2.33. The van der Waals surface area contributed by atoms with Crippen molar-refractivity contribution in [3.05, 3.63) is 16.1 Å². The lowest BCUT2D eigenvalue weighted by Gasteiger charge is -2.21. The Bertz CT molecular complexity index is 495. The van der Waals surface area contributed by atoms with Crippen LogP contribution in [0.5, 0.6) is 0 Å². The third kappa shape index (κ3) is 2.68. The number of nitrogens with zero attached hydrogens (tertiary/aromatic N) is 3. The minimum atomic E-state index is -1.07. The number of thiazole rings is 1. The number of hydrogen-bond acceptors (Lipinski definition) is 5. The largest absolute Gasteiger partial charge is 0.477 e. The van der Waals surface area contributed by atoms with Gasteiger partial charge in [-0.2, -0.15) is 5.10 Å². The molecule has 7 heteroatoms. The summed E-state index contributed by atoms with van der Waals surface area (Å²) in [5.41, 5.74) is 0.757. The fourth-order valence-corrected chi connectivity index (χ4v) is 2.12. The molecule has 0 bridgehead atoms. The van der Waals surface area contributed by atoms with Crippen LogP contribution in [0.3, 0.4) is 0 Å². The zero-order chi connectivity index (χ0) is 12.4. The third-order valence-corrected chi connectivity index (χ3v) is 3.15. The normalized spacial score (nSPS) is 15.9. The summed E-state index contributed by atoms with van der Waals surface area (Å²) in [6.07, 6.45) is 0.384. The van der Waals surface area contributed by atoms with E-state index in [0.717, 1.165) is 10.7 Å². The second-order valence-electron chi connectivity index (χ2n) is 3.66. The van der Waals surface area contributed by atoms with Gasteiger partial charge in [0.15, 0.2) is 0 Å². The van der Waals surface area contributed by atoms with Crippen molar-refractivity contribution < 1.29 is 14.7 Å². The van der Waals surface area contributed by atoms with E-state index < -0.39 is 5.97 Å². The summed E-state index contributed by atoms with van der Waals surface area (Å²) in [4.78, 5) is 26.6. The minimum absolute atomic E-state index is 0.0246. The molecule has 1 N–H and O–H groups in total. The Morgan fingerprint density at radius 2 is 2.35 bits per heavy atom. The number of hydrogen-bond donors (Lipinski definition) is 1. The molecule has 1 aliphatic heterocycles. The van der Waals surface area contributed by atoms with E-state index in [0.29, 0.717) is 0 Å². The van der Waals surface area contributed by atoms with Crippen LogP contribution < -0.4 is 0 Å². The molecule has 0 aliphatic carbocycles. The number of aromatic nitrogens is 1. The molecule has 2 rings (SSSR count). The number of aliphatic carboxylic acids is 1. The molecule has 1 aromatic heterocycles. The zero-order valence-corrected chi connectivity index (χ0v) is 10.0. The van der Waals surface area contributed by atoms with E-state index >= 15 is 0 Å². The van der Waals surface area contributed by atoms with Crippen LogP contribution in [-0.4, -0.2) is 32.7 Å². The summed E-state index contributed by atoms with van der Waals surface area (Å²) in [6, 6.07) is 0. The van der Waals surface area contributed by atoms with Crippen molar-refractivity contribution in [1.82, 2.24) is 9.99 Å². The van der Waals surface area contributed by atoms with Crippen molar-refractivity contribution in [3.8, 4) is 0 Å². The number of carbonyl (C=O) groups excluding carboxylic acids is 1. The van der Waals surface area contributed by atoms with Gasteiger partial charge in [-0.1, -0.05) is 0 Å².